The molecule has 0 spiro atoms. The molecule has 4 heteroatoms. The van der Waals surface area contributed by atoms with Crippen molar-refractivity contribution in [2.45, 2.75) is 45.2 Å². The third-order valence-electron chi connectivity index (χ3n) is 4.68. The standard InChI is InChI=1S/C19H27N3O/c1-15-13-19(23-20-15)18-7-5-4-6-12-22(18)14-16-8-10-17(11-9-16)21(2)3/h8-11,13,18H,4-7,12,14H2,1-3H3/t18-/m1/s1. The van der Waals surface area contributed by atoms with Crippen molar-refractivity contribution in [2.75, 3.05) is 25.5 Å². The van der Waals surface area contributed by atoms with Crippen LogP contribution in [0.15, 0.2) is 34.9 Å². The lowest BCUT2D eigenvalue weighted by Gasteiger charge is -2.28. The molecule has 0 amide bonds. The lowest BCUT2D eigenvalue weighted by molar-refractivity contribution is 0.160. The predicted octanol–water partition coefficient (Wildman–Crippen LogP) is 4.17. The highest BCUT2D eigenvalue weighted by atomic mass is 16.5. The highest BCUT2D eigenvalue weighted by Crippen LogP contribution is 2.32. The molecular weight excluding hydrogens is 286 g/mol. The average molecular weight is 313 g/mol. The molecule has 2 aromatic rings. The van der Waals surface area contributed by atoms with E-state index in [1.165, 1.54) is 30.5 Å². The zero-order chi connectivity index (χ0) is 16.2. The first-order valence-corrected chi connectivity index (χ1v) is 8.57. The van der Waals surface area contributed by atoms with Crippen molar-refractivity contribution in [1.82, 2.24) is 10.1 Å². The summed E-state index contributed by atoms with van der Waals surface area (Å²) in [4.78, 5) is 4.69. The minimum Gasteiger partial charge on any atom is -0.378 e. The van der Waals surface area contributed by atoms with Gasteiger partial charge in [-0.3, -0.25) is 4.90 Å². The zero-order valence-electron chi connectivity index (χ0n) is 14.5. The van der Waals surface area contributed by atoms with Crippen molar-refractivity contribution < 1.29 is 4.52 Å². The Morgan fingerprint density at radius 2 is 1.96 bits per heavy atom. The van der Waals surface area contributed by atoms with Gasteiger partial charge >= 0.3 is 0 Å². The summed E-state index contributed by atoms with van der Waals surface area (Å²) in [5, 5.41) is 4.09. The monoisotopic (exact) mass is 313 g/mol. The van der Waals surface area contributed by atoms with E-state index in [9.17, 15) is 0 Å². The fourth-order valence-corrected chi connectivity index (χ4v) is 3.35. The Kier molecular flexibility index (Phi) is 5.01. The van der Waals surface area contributed by atoms with Gasteiger partial charge in [-0.1, -0.05) is 30.1 Å². The first-order valence-electron chi connectivity index (χ1n) is 8.57. The second-order valence-electron chi connectivity index (χ2n) is 6.77. The van der Waals surface area contributed by atoms with E-state index in [4.69, 9.17) is 4.52 Å². The van der Waals surface area contributed by atoms with E-state index in [-0.39, 0.29) is 0 Å². The summed E-state index contributed by atoms with van der Waals surface area (Å²) in [7, 11) is 4.15. The van der Waals surface area contributed by atoms with E-state index in [1.54, 1.807) is 0 Å². The molecule has 1 aromatic carbocycles. The van der Waals surface area contributed by atoms with Gasteiger partial charge in [0.2, 0.25) is 0 Å². The molecule has 0 unspecified atom stereocenters. The van der Waals surface area contributed by atoms with Crippen LogP contribution in [0.4, 0.5) is 5.69 Å². The number of nitrogens with zero attached hydrogens (tertiary/aromatic N) is 3. The second-order valence-corrected chi connectivity index (χ2v) is 6.77. The largest absolute Gasteiger partial charge is 0.378 e. The van der Waals surface area contributed by atoms with Crippen LogP contribution < -0.4 is 4.90 Å². The third-order valence-corrected chi connectivity index (χ3v) is 4.68. The van der Waals surface area contributed by atoms with E-state index in [0.717, 1.165) is 31.0 Å². The first-order chi connectivity index (χ1) is 11.1. The number of hydrogen-bond donors (Lipinski definition) is 0. The number of benzene rings is 1. The van der Waals surface area contributed by atoms with Gasteiger partial charge in [-0.05, 0) is 44.0 Å². The molecule has 23 heavy (non-hydrogen) atoms. The quantitative estimate of drug-likeness (QED) is 0.848. The fraction of sp³-hybridized carbons (Fsp3) is 0.526. The molecule has 0 radical (unpaired) electrons. The van der Waals surface area contributed by atoms with Crippen LogP contribution in [-0.4, -0.2) is 30.7 Å². The van der Waals surface area contributed by atoms with Gasteiger partial charge in [-0.2, -0.15) is 0 Å². The summed E-state index contributed by atoms with van der Waals surface area (Å²) in [6, 6.07) is 11.3. The predicted molar refractivity (Wildman–Crippen MR) is 93.6 cm³/mol. The van der Waals surface area contributed by atoms with Crippen molar-refractivity contribution in [3.63, 3.8) is 0 Å². The summed E-state index contributed by atoms with van der Waals surface area (Å²) in [5.41, 5.74) is 3.57. The lowest BCUT2D eigenvalue weighted by Crippen LogP contribution is -2.28. The third kappa shape index (κ3) is 3.94. The van der Waals surface area contributed by atoms with E-state index in [1.807, 2.05) is 6.92 Å². The van der Waals surface area contributed by atoms with Gasteiger partial charge in [0.15, 0.2) is 5.76 Å². The number of anilines is 1. The van der Waals surface area contributed by atoms with Crippen LogP contribution in [0.2, 0.25) is 0 Å². The topological polar surface area (TPSA) is 32.5 Å². The summed E-state index contributed by atoms with van der Waals surface area (Å²) in [6.45, 7) is 4.09. The van der Waals surface area contributed by atoms with Crippen LogP contribution in [0.25, 0.3) is 0 Å². The zero-order valence-corrected chi connectivity index (χ0v) is 14.5. The Morgan fingerprint density at radius 3 is 2.61 bits per heavy atom. The van der Waals surface area contributed by atoms with Crippen molar-refractivity contribution in [2.24, 2.45) is 0 Å². The van der Waals surface area contributed by atoms with Gasteiger partial charge < -0.3 is 9.42 Å². The second kappa shape index (κ2) is 7.18. The molecule has 1 aliphatic rings. The van der Waals surface area contributed by atoms with Crippen LogP contribution in [0.1, 0.15) is 48.7 Å². The van der Waals surface area contributed by atoms with Crippen LogP contribution in [0.3, 0.4) is 0 Å². The molecule has 1 fully saturated rings. The summed E-state index contributed by atoms with van der Waals surface area (Å²) >= 11 is 0. The Balaban J connectivity index is 1.77. The molecule has 4 nitrogen and oxygen atoms in total. The molecule has 0 saturated carbocycles. The van der Waals surface area contributed by atoms with Crippen molar-refractivity contribution in [3.05, 3.63) is 47.3 Å². The maximum Gasteiger partial charge on any atom is 0.154 e. The molecule has 1 atom stereocenters. The lowest BCUT2D eigenvalue weighted by atomic mass is 10.1. The molecule has 1 aliphatic heterocycles. The van der Waals surface area contributed by atoms with Crippen molar-refractivity contribution in [3.8, 4) is 0 Å². The molecule has 124 valence electrons. The summed E-state index contributed by atoms with van der Waals surface area (Å²) in [5.74, 6) is 1.02. The Labute approximate surface area is 139 Å². The van der Waals surface area contributed by atoms with Gasteiger partial charge in [0, 0.05) is 32.4 Å². The molecule has 0 aliphatic carbocycles. The van der Waals surface area contributed by atoms with Gasteiger partial charge in [0.1, 0.15) is 0 Å². The Bertz CT molecular complexity index is 618. The SMILES string of the molecule is Cc1cc([C@H]2CCCCCN2Cc2ccc(N(C)C)cc2)on1. The minimum absolute atomic E-state index is 0.354. The first kappa shape index (κ1) is 16.1. The molecule has 1 saturated heterocycles. The fourth-order valence-electron chi connectivity index (χ4n) is 3.35. The van der Waals surface area contributed by atoms with Crippen LogP contribution in [0, 0.1) is 6.92 Å². The molecule has 0 N–H and O–H groups in total. The maximum absolute atomic E-state index is 5.58. The molecule has 2 heterocycles. The van der Waals surface area contributed by atoms with Crippen molar-refractivity contribution in [1.29, 1.82) is 0 Å². The summed E-state index contributed by atoms with van der Waals surface area (Å²) < 4.78 is 5.58. The number of likely N-dealkylation sites (tertiary alicyclic amines) is 1. The van der Waals surface area contributed by atoms with Crippen LogP contribution in [0.5, 0.6) is 0 Å². The molecular formula is C19H27N3O. The smallest absolute Gasteiger partial charge is 0.154 e. The number of rotatable bonds is 4. The van der Waals surface area contributed by atoms with Gasteiger partial charge in [0.05, 0.1) is 11.7 Å². The van der Waals surface area contributed by atoms with E-state index >= 15 is 0 Å². The molecule has 0 bridgehead atoms. The summed E-state index contributed by atoms with van der Waals surface area (Å²) in [6.07, 6.45) is 4.99. The normalized spacial score (nSPS) is 19.5. The van der Waals surface area contributed by atoms with Crippen LogP contribution in [-0.2, 0) is 6.54 Å². The van der Waals surface area contributed by atoms with E-state index in [2.05, 4.69) is 59.4 Å². The van der Waals surface area contributed by atoms with Gasteiger partial charge in [-0.25, -0.2) is 0 Å². The van der Waals surface area contributed by atoms with Gasteiger partial charge in [0.25, 0.3) is 0 Å². The van der Waals surface area contributed by atoms with Crippen molar-refractivity contribution >= 4 is 5.69 Å². The molecule has 1 aromatic heterocycles. The Hall–Kier alpha value is -1.81. The number of aryl methyl sites for hydroxylation is 1. The van der Waals surface area contributed by atoms with Crippen LogP contribution >= 0.6 is 0 Å². The maximum atomic E-state index is 5.58. The minimum atomic E-state index is 0.354. The van der Waals surface area contributed by atoms with Gasteiger partial charge in [-0.15, -0.1) is 0 Å². The van der Waals surface area contributed by atoms with E-state index in [0.29, 0.717) is 6.04 Å². The Morgan fingerprint density at radius 1 is 1.17 bits per heavy atom. The number of hydrogen-bond acceptors (Lipinski definition) is 4. The highest BCUT2D eigenvalue weighted by Gasteiger charge is 2.25. The highest BCUT2D eigenvalue weighted by molar-refractivity contribution is 5.46. The molecule has 3 rings (SSSR count). The number of aromatic nitrogens is 1. The van der Waals surface area contributed by atoms with E-state index < -0.39 is 0 Å². The average Bonchev–Trinajstić information content (AvgIpc) is 2.83.